The van der Waals surface area contributed by atoms with Gasteiger partial charge >= 0.3 is 7.60 Å². The fraction of sp³-hybridized carbons (Fsp3) is 0.176. The number of benzene rings is 2. The van der Waals surface area contributed by atoms with E-state index in [4.69, 9.17) is 10.5 Å². The summed E-state index contributed by atoms with van der Waals surface area (Å²) in [5, 5.41) is 16.4. The van der Waals surface area contributed by atoms with Crippen molar-refractivity contribution in [1.82, 2.24) is 4.90 Å². The molecule has 0 aromatic heterocycles. The van der Waals surface area contributed by atoms with Gasteiger partial charge in [-0.1, -0.05) is 60.7 Å². The molecule has 0 aliphatic heterocycles. The highest BCUT2D eigenvalue weighted by atomic mass is 31.2. The van der Waals surface area contributed by atoms with Gasteiger partial charge in [-0.15, -0.1) is 0 Å². The molecule has 122 valence electrons. The molecule has 0 radical (unpaired) electrons. The van der Waals surface area contributed by atoms with E-state index in [1.807, 2.05) is 12.1 Å². The average molecular weight is 341 g/mol. The summed E-state index contributed by atoms with van der Waals surface area (Å²) >= 11 is 0. The molecular weight excluding hydrogens is 325 g/mol. The lowest BCUT2D eigenvalue weighted by molar-refractivity contribution is 0.191. The molecule has 0 amide bonds. The van der Waals surface area contributed by atoms with E-state index in [0.29, 0.717) is 11.1 Å². The van der Waals surface area contributed by atoms with Crippen molar-refractivity contribution in [3.8, 4) is 12.1 Å². The van der Waals surface area contributed by atoms with Crippen LogP contribution in [0.2, 0.25) is 0 Å². The van der Waals surface area contributed by atoms with Crippen LogP contribution in [0.25, 0.3) is 0 Å². The maximum Gasteiger partial charge on any atom is 0.354 e. The highest BCUT2D eigenvalue weighted by molar-refractivity contribution is 7.53. The maximum absolute atomic E-state index is 12.7. The van der Waals surface area contributed by atoms with E-state index in [-0.39, 0.29) is 13.1 Å². The second-order valence-corrected chi connectivity index (χ2v) is 6.86. The van der Waals surface area contributed by atoms with Gasteiger partial charge in [0.15, 0.2) is 5.28 Å². The Hall–Kier alpha value is -2.47. The van der Waals surface area contributed by atoms with Gasteiger partial charge in [-0.2, -0.15) is 10.5 Å². The first-order chi connectivity index (χ1) is 11.5. The van der Waals surface area contributed by atoms with Gasteiger partial charge in [0, 0.05) is 0 Å². The van der Waals surface area contributed by atoms with Gasteiger partial charge < -0.3 is 9.79 Å². The molecule has 7 heteroatoms. The summed E-state index contributed by atoms with van der Waals surface area (Å²) in [6.45, 7) is -0.606. The molecule has 2 rings (SSSR count). The summed E-state index contributed by atoms with van der Waals surface area (Å²) < 4.78 is 12.7. The van der Waals surface area contributed by atoms with Gasteiger partial charge in [-0.3, -0.25) is 9.46 Å². The SMILES string of the molecule is N#CCN(CC#N)C(c1ccccc1)(c1ccccc1)P(=O)(O)O. The smallest absolute Gasteiger partial charge is 0.323 e. The van der Waals surface area contributed by atoms with Gasteiger partial charge in [0.25, 0.3) is 0 Å². The Bertz CT molecular complexity index is 751. The Morgan fingerprint density at radius 1 is 0.875 bits per heavy atom. The molecule has 0 bridgehead atoms. The molecule has 0 saturated heterocycles. The number of hydrogen-bond acceptors (Lipinski definition) is 4. The fourth-order valence-corrected chi connectivity index (χ4v) is 4.33. The molecule has 6 nitrogen and oxygen atoms in total. The van der Waals surface area contributed by atoms with Crippen molar-refractivity contribution in [1.29, 1.82) is 10.5 Å². The van der Waals surface area contributed by atoms with E-state index in [2.05, 4.69) is 0 Å². The largest absolute Gasteiger partial charge is 0.354 e. The highest BCUT2D eigenvalue weighted by Crippen LogP contribution is 2.62. The van der Waals surface area contributed by atoms with Crippen LogP contribution in [0, 0.1) is 22.7 Å². The monoisotopic (exact) mass is 341 g/mol. The van der Waals surface area contributed by atoms with Crippen LogP contribution in [0.5, 0.6) is 0 Å². The standard InChI is InChI=1S/C17H16N3O3P/c18-11-13-20(14-12-19)17(24(21,22)23,15-7-3-1-4-8-15)16-9-5-2-6-10-16/h1-10H,13-14H2,(H2,21,22,23). The zero-order chi connectivity index (χ0) is 17.6. The van der Waals surface area contributed by atoms with E-state index in [1.54, 1.807) is 60.7 Å². The van der Waals surface area contributed by atoms with Crippen LogP contribution < -0.4 is 0 Å². The van der Waals surface area contributed by atoms with Crippen molar-refractivity contribution in [2.75, 3.05) is 13.1 Å². The van der Waals surface area contributed by atoms with Gasteiger partial charge in [0.1, 0.15) is 0 Å². The van der Waals surface area contributed by atoms with Crippen LogP contribution in [-0.2, 0) is 9.85 Å². The molecule has 24 heavy (non-hydrogen) atoms. The van der Waals surface area contributed by atoms with E-state index < -0.39 is 12.9 Å². The molecule has 0 saturated carbocycles. The van der Waals surface area contributed by atoms with Crippen molar-refractivity contribution >= 4 is 7.60 Å². The Morgan fingerprint density at radius 3 is 1.54 bits per heavy atom. The third-order valence-corrected chi connectivity index (χ3v) is 5.40. The zero-order valence-electron chi connectivity index (χ0n) is 12.8. The van der Waals surface area contributed by atoms with E-state index in [1.165, 1.54) is 4.90 Å². The van der Waals surface area contributed by atoms with Crippen LogP contribution in [0.4, 0.5) is 0 Å². The van der Waals surface area contributed by atoms with Gasteiger partial charge in [-0.25, -0.2) is 0 Å². The Labute approximate surface area is 140 Å². The molecule has 0 spiro atoms. The van der Waals surface area contributed by atoms with Crippen molar-refractivity contribution in [3.63, 3.8) is 0 Å². The molecule has 0 aliphatic rings. The van der Waals surface area contributed by atoms with Crippen LogP contribution in [0.3, 0.4) is 0 Å². The summed E-state index contributed by atoms with van der Waals surface area (Å²) in [6, 6.07) is 20.3. The first kappa shape index (κ1) is 17.9. The summed E-state index contributed by atoms with van der Waals surface area (Å²) in [5.41, 5.74) is 0.657. The summed E-state index contributed by atoms with van der Waals surface area (Å²) in [6.07, 6.45) is 0. The van der Waals surface area contributed by atoms with E-state index in [9.17, 15) is 14.4 Å². The van der Waals surface area contributed by atoms with Crippen LogP contribution >= 0.6 is 7.60 Å². The predicted octanol–water partition coefficient (Wildman–Crippen LogP) is 2.41. The lowest BCUT2D eigenvalue weighted by atomic mass is 9.96. The van der Waals surface area contributed by atoms with E-state index in [0.717, 1.165) is 0 Å². The van der Waals surface area contributed by atoms with Gasteiger partial charge in [-0.05, 0) is 11.1 Å². The lowest BCUT2D eigenvalue weighted by Gasteiger charge is -2.42. The molecule has 0 heterocycles. The van der Waals surface area contributed by atoms with Gasteiger partial charge in [0.05, 0.1) is 25.2 Å². The zero-order valence-corrected chi connectivity index (χ0v) is 13.7. The molecule has 0 fully saturated rings. The minimum Gasteiger partial charge on any atom is -0.323 e. The predicted molar refractivity (Wildman–Crippen MR) is 88.5 cm³/mol. The number of nitriles is 2. The van der Waals surface area contributed by atoms with Crippen LogP contribution in [0.1, 0.15) is 11.1 Å². The minimum atomic E-state index is -4.84. The topological polar surface area (TPSA) is 108 Å². The first-order valence-corrected chi connectivity index (χ1v) is 8.75. The Kier molecular flexibility index (Phi) is 5.51. The molecule has 0 unspecified atom stereocenters. The quantitative estimate of drug-likeness (QED) is 0.617. The third-order valence-electron chi connectivity index (χ3n) is 3.75. The maximum atomic E-state index is 12.7. The first-order valence-electron chi connectivity index (χ1n) is 7.14. The number of nitrogens with zero attached hydrogens (tertiary/aromatic N) is 3. The Balaban J connectivity index is 2.88. The van der Waals surface area contributed by atoms with Crippen molar-refractivity contribution in [2.24, 2.45) is 0 Å². The van der Waals surface area contributed by atoms with Crippen molar-refractivity contribution < 1.29 is 14.4 Å². The second-order valence-electron chi connectivity index (χ2n) is 5.12. The van der Waals surface area contributed by atoms with Crippen LogP contribution in [-0.4, -0.2) is 27.8 Å². The second kappa shape index (κ2) is 7.40. The van der Waals surface area contributed by atoms with E-state index >= 15 is 0 Å². The average Bonchev–Trinajstić information content (AvgIpc) is 2.57. The minimum absolute atomic E-state index is 0.303. The Morgan fingerprint density at radius 2 is 1.25 bits per heavy atom. The highest BCUT2D eigenvalue weighted by Gasteiger charge is 2.54. The molecule has 0 aliphatic carbocycles. The molecule has 0 atom stereocenters. The molecule has 2 aromatic rings. The molecule has 2 aromatic carbocycles. The lowest BCUT2D eigenvalue weighted by Crippen LogP contribution is -2.47. The van der Waals surface area contributed by atoms with Crippen molar-refractivity contribution in [2.45, 2.75) is 5.28 Å². The number of hydrogen-bond donors (Lipinski definition) is 2. The molecule has 2 N–H and O–H groups in total. The molecular formula is C17H16N3O3P. The summed E-state index contributed by atoms with van der Waals surface area (Å²) in [7, 11) is -4.84. The number of rotatable bonds is 6. The third kappa shape index (κ3) is 3.10. The summed E-state index contributed by atoms with van der Waals surface area (Å²) in [4.78, 5) is 21.8. The van der Waals surface area contributed by atoms with Crippen LogP contribution in [0.15, 0.2) is 60.7 Å². The van der Waals surface area contributed by atoms with Crippen molar-refractivity contribution in [3.05, 3.63) is 71.8 Å². The fourth-order valence-electron chi connectivity index (χ4n) is 2.85. The normalized spacial score (nSPS) is 11.7. The summed E-state index contributed by atoms with van der Waals surface area (Å²) in [5.74, 6) is 0. The van der Waals surface area contributed by atoms with Gasteiger partial charge in [0.2, 0.25) is 0 Å².